The van der Waals surface area contributed by atoms with Crippen molar-refractivity contribution in [3.8, 4) is 5.75 Å². The Kier molecular flexibility index (Phi) is 6.60. The third kappa shape index (κ3) is 5.90. The minimum atomic E-state index is 0.613. The number of thiol groups is 1. The third-order valence-corrected chi connectivity index (χ3v) is 2.52. The zero-order valence-corrected chi connectivity index (χ0v) is 10.3. The lowest BCUT2D eigenvalue weighted by Crippen LogP contribution is -1.97. The Labute approximate surface area is 101 Å². The molecule has 1 rings (SSSR count). The molecule has 0 saturated carbocycles. The van der Waals surface area contributed by atoms with Crippen LogP contribution in [0.4, 0.5) is 0 Å². The van der Waals surface area contributed by atoms with Crippen LogP contribution < -0.4 is 4.74 Å². The molecule has 0 unspecified atom stereocenters. The molecule has 0 saturated heterocycles. The highest BCUT2D eigenvalue weighted by atomic mass is 35.5. The van der Waals surface area contributed by atoms with Crippen LogP contribution in [0, 0.1) is 0 Å². The zero-order valence-electron chi connectivity index (χ0n) is 8.66. The molecule has 4 heteroatoms. The largest absolute Gasteiger partial charge is 0.492 e. The first-order valence-corrected chi connectivity index (χ1v) is 6.18. The quantitative estimate of drug-likeness (QED) is 0.586. The summed E-state index contributed by atoms with van der Waals surface area (Å²) >= 11 is 9.94. The van der Waals surface area contributed by atoms with Crippen molar-refractivity contribution in [1.82, 2.24) is 4.98 Å². The number of hydrogen-bond acceptors (Lipinski definition) is 3. The van der Waals surface area contributed by atoms with Gasteiger partial charge in [-0.25, -0.2) is 0 Å². The summed E-state index contributed by atoms with van der Waals surface area (Å²) in [5.74, 6) is 1.72. The summed E-state index contributed by atoms with van der Waals surface area (Å²) in [5, 5.41) is 0.613. The van der Waals surface area contributed by atoms with Crippen molar-refractivity contribution in [2.75, 3.05) is 12.4 Å². The number of pyridine rings is 1. The van der Waals surface area contributed by atoms with Crippen molar-refractivity contribution in [1.29, 1.82) is 0 Å². The van der Waals surface area contributed by atoms with E-state index < -0.39 is 0 Å². The maximum Gasteiger partial charge on any atom is 0.139 e. The molecule has 0 spiro atoms. The highest BCUT2D eigenvalue weighted by molar-refractivity contribution is 7.80. The SMILES string of the molecule is SCCCCCCOc1cncc(Cl)c1. The van der Waals surface area contributed by atoms with Gasteiger partial charge in [-0.15, -0.1) is 0 Å². The first kappa shape index (κ1) is 12.7. The van der Waals surface area contributed by atoms with E-state index in [0.717, 1.165) is 24.5 Å². The number of aromatic nitrogens is 1. The van der Waals surface area contributed by atoms with Gasteiger partial charge in [0.25, 0.3) is 0 Å². The van der Waals surface area contributed by atoms with Gasteiger partial charge in [-0.1, -0.05) is 24.4 Å². The number of unbranched alkanes of at least 4 members (excludes halogenated alkanes) is 3. The molecule has 0 aliphatic heterocycles. The van der Waals surface area contributed by atoms with E-state index in [1.807, 2.05) is 0 Å². The average Bonchev–Trinajstić information content (AvgIpc) is 2.23. The van der Waals surface area contributed by atoms with E-state index >= 15 is 0 Å². The minimum absolute atomic E-state index is 0.613. The summed E-state index contributed by atoms with van der Waals surface area (Å²) in [6, 6.07) is 1.78. The Morgan fingerprint density at radius 2 is 2.00 bits per heavy atom. The van der Waals surface area contributed by atoms with Gasteiger partial charge in [0.15, 0.2) is 0 Å². The minimum Gasteiger partial charge on any atom is -0.492 e. The van der Waals surface area contributed by atoms with Gasteiger partial charge < -0.3 is 4.74 Å². The fourth-order valence-electron chi connectivity index (χ4n) is 1.23. The van der Waals surface area contributed by atoms with Gasteiger partial charge in [0, 0.05) is 12.3 Å². The molecule has 0 fully saturated rings. The summed E-state index contributed by atoms with van der Waals surface area (Å²) < 4.78 is 5.50. The molecule has 1 heterocycles. The fraction of sp³-hybridized carbons (Fsp3) is 0.545. The second kappa shape index (κ2) is 7.83. The number of rotatable bonds is 7. The van der Waals surface area contributed by atoms with E-state index in [1.54, 1.807) is 18.5 Å². The number of ether oxygens (including phenoxy) is 1. The maximum absolute atomic E-state index is 5.78. The molecule has 0 amide bonds. The maximum atomic E-state index is 5.78. The normalized spacial score (nSPS) is 10.3. The molecule has 0 bridgehead atoms. The van der Waals surface area contributed by atoms with Crippen molar-refractivity contribution in [2.24, 2.45) is 0 Å². The predicted octanol–water partition coefficient (Wildman–Crippen LogP) is 3.60. The second-order valence-corrected chi connectivity index (χ2v) is 4.21. The van der Waals surface area contributed by atoms with Crippen LogP contribution in [0.1, 0.15) is 25.7 Å². The number of hydrogen-bond donors (Lipinski definition) is 1. The summed E-state index contributed by atoms with van der Waals surface area (Å²) in [7, 11) is 0. The van der Waals surface area contributed by atoms with Crippen LogP contribution in [0.2, 0.25) is 5.02 Å². The third-order valence-electron chi connectivity index (χ3n) is 2.00. The van der Waals surface area contributed by atoms with Gasteiger partial charge >= 0.3 is 0 Å². The zero-order chi connectivity index (χ0) is 10.9. The van der Waals surface area contributed by atoms with Gasteiger partial charge in [-0.2, -0.15) is 12.6 Å². The Morgan fingerprint density at radius 1 is 1.20 bits per heavy atom. The lowest BCUT2D eigenvalue weighted by Gasteiger charge is -2.05. The molecule has 1 aromatic rings. The highest BCUT2D eigenvalue weighted by Gasteiger charge is 1.95. The van der Waals surface area contributed by atoms with Gasteiger partial charge in [0.1, 0.15) is 5.75 Å². The number of halogens is 1. The van der Waals surface area contributed by atoms with E-state index in [0.29, 0.717) is 5.02 Å². The van der Waals surface area contributed by atoms with E-state index in [2.05, 4.69) is 17.6 Å². The molecule has 0 aromatic carbocycles. The Balaban J connectivity index is 2.10. The molecular formula is C11H16ClNOS. The lowest BCUT2D eigenvalue weighted by molar-refractivity contribution is 0.304. The summed E-state index contributed by atoms with van der Waals surface area (Å²) in [6.07, 6.45) is 7.94. The molecule has 1 aromatic heterocycles. The summed E-state index contributed by atoms with van der Waals surface area (Å²) in [6.45, 7) is 0.731. The van der Waals surface area contributed by atoms with Crippen LogP contribution in [-0.4, -0.2) is 17.3 Å². The van der Waals surface area contributed by atoms with E-state index in [9.17, 15) is 0 Å². The van der Waals surface area contributed by atoms with E-state index in [-0.39, 0.29) is 0 Å². The molecule has 0 aliphatic rings. The van der Waals surface area contributed by atoms with Crippen molar-refractivity contribution >= 4 is 24.2 Å². The highest BCUT2D eigenvalue weighted by Crippen LogP contribution is 2.15. The van der Waals surface area contributed by atoms with Crippen LogP contribution in [0.3, 0.4) is 0 Å². The molecule has 84 valence electrons. The molecule has 0 aliphatic carbocycles. The lowest BCUT2D eigenvalue weighted by atomic mass is 10.2. The fourth-order valence-corrected chi connectivity index (χ4v) is 1.62. The molecule has 0 radical (unpaired) electrons. The van der Waals surface area contributed by atoms with E-state index in [1.165, 1.54) is 19.3 Å². The van der Waals surface area contributed by atoms with Gasteiger partial charge in [-0.05, 0) is 18.6 Å². The Morgan fingerprint density at radius 3 is 2.73 bits per heavy atom. The Hall–Kier alpha value is -0.410. The first-order valence-electron chi connectivity index (χ1n) is 5.17. The van der Waals surface area contributed by atoms with Crippen LogP contribution in [-0.2, 0) is 0 Å². The van der Waals surface area contributed by atoms with Crippen LogP contribution in [0.5, 0.6) is 5.75 Å². The van der Waals surface area contributed by atoms with Crippen LogP contribution in [0.25, 0.3) is 0 Å². The second-order valence-electron chi connectivity index (χ2n) is 3.33. The molecule has 0 atom stereocenters. The number of nitrogens with zero attached hydrogens (tertiary/aromatic N) is 1. The van der Waals surface area contributed by atoms with Gasteiger partial charge in [0.05, 0.1) is 17.8 Å². The standard InChI is InChI=1S/C11H16ClNOS/c12-10-7-11(9-13-8-10)14-5-3-1-2-4-6-15/h7-9,15H,1-6H2. The molecular weight excluding hydrogens is 230 g/mol. The van der Waals surface area contributed by atoms with Crippen LogP contribution >= 0.6 is 24.2 Å². The van der Waals surface area contributed by atoms with Gasteiger partial charge in [-0.3, -0.25) is 4.98 Å². The summed E-state index contributed by atoms with van der Waals surface area (Å²) in [4.78, 5) is 3.95. The topological polar surface area (TPSA) is 22.1 Å². The van der Waals surface area contributed by atoms with Crippen molar-refractivity contribution < 1.29 is 4.74 Å². The summed E-state index contributed by atoms with van der Waals surface area (Å²) in [5.41, 5.74) is 0. The molecule has 0 N–H and O–H groups in total. The first-order chi connectivity index (χ1) is 7.33. The van der Waals surface area contributed by atoms with Gasteiger partial charge in [0.2, 0.25) is 0 Å². The van der Waals surface area contributed by atoms with Crippen molar-refractivity contribution in [3.05, 3.63) is 23.5 Å². The Bertz CT molecular complexity index is 283. The predicted molar refractivity (Wildman–Crippen MR) is 67.1 cm³/mol. The van der Waals surface area contributed by atoms with Crippen LogP contribution in [0.15, 0.2) is 18.5 Å². The monoisotopic (exact) mass is 245 g/mol. The van der Waals surface area contributed by atoms with Crippen molar-refractivity contribution in [3.63, 3.8) is 0 Å². The molecule has 15 heavy (non-hydrogen) atoms. The average molecular weight is 246 g/mol. The smallest absolute Gasteiger partial charge is 0.139 e. The van der Waals surface area contributed by atoms with Crippen molar-refractivity contribution in [2.45, 2.75) is 25.7 Å². The van der Waals surface area contributed by atoms with E-state index in [4.69, 9.17) is 16.3 Å². The molecule has 2 nitrogen and oxygen atoms in total.